The third-order valence-electron chi connectivity index (χ3n) is 3.64. The lowest BCUT2D eigenvalue weighted by atomic mass is 10.0. The number of rotatable bonds is 4. The van der Waals surface area contributed by atoms with Crippen LogP contribution in [0.1, 0.15) is 29.6 Å². The Kier molecular flexibility index (Phi) is 4.38. The molecule has 1 saturated carbocycles. The zero-order chi connectivity index (χ0) is 15.4. The lowest BCUT2D eigenvalue weighted by Gasteiger charge is -2.16. The van der Waals surface area contributed by atoms with Gasteiger partial charge in [-0.2, -0.15) is 5.26 Å². The molecule has 7 nitrogen and oxygen atoms in total. The molecule has 0 bridgehead atoms. The predicted molar refractivity (Wildman–Crippen MR) is 73.9 cm³/mol. The van der Waals surface area contributed by atoms with E-state index in [0.29, 0.717) is 0 Å². The van der Waals surface area contributed by atoms with E-state index in [4.69, 9.17) is 10.00 Å². The van der Waals surface area contributed by atoms with Crippen LogP contribution in [-0.2, 0) is 0 Å². The Hall–Kier alpha value is -2.62. The van der Waals surface area contributed by atoms with Crippen molar-refractivity contribution in [1.29, 1.82) is 5.26 Å². The van der Waals surface area contributed by atoms with Crippen LogP contribution in [0.25, 0.3) is 0 Å². The minimum absolute atomic E-state index is 0.0634. The third-order valence-corrected chi connectivity index (χ3v) is 3.64. The Bertz CT molecular complexity index is 609. The summed E-state index contributed by atoms with van der Waals surface area (Å²) in [6.45, 7) is 0. The predicted octanol–water partition coefficient (Wildman–Crippen LogP) is 2.03. The minimum Gasteiger partial charge on any atom is -0.490 e. The number of nitriles is 1. The summed E-state index contributed by atoms with van der Waals surface area (Å²) in [5.74, 6) is -0.729. The van der Waals surface area contributed by atoms with Gasteiger partial charge in [-0.15, -0.1) is 0 Å². The molecule has 2 rings (SSSR count). The van der Waals surface area contributed by atoms with Gasteiger partial charge in [-0.25, -0.2) is 0 Å². The number of hydrogen-bond acceptors (Lipinski definition) is 5. The number of methoxy groups -OCH3 is 1. The first-order chi connectivity index (χ1) is 10.1. The van der Waals surface area contributed by atoms with E-state index in [0.717, 1.165) is 19.3 Å². The highest BCUT2D eigenvalue weighted by Gasteiger charge is 2.30. The summed E-state index contributed by atoms with van der Waals surface area (Å²) in [5, 5.41) is 22.7. The average Bonchev–Trinajstić information content (AvgIpc) is 2.93. The molecule has 0 aliphatic heterocycles. The van der Waals surface area contributed by atoms with Crippen molar-refractivity contribution in [2.24, 2.45) is 5.92 Å². The third kappa shape index (κ3) is 2.94. The van der Waals surface area contributed by atoms with E-state index < -0.39 is 10.8 Å². The average molecular weight is 289 g/mol. The van der Waals surface area contributed by atoms with Gasteiger partial charge in [0.2, 0.25) is 5.75 Å². The fourth-order valence-corrected chi connectivity index (χ4v) is 2.60. The Morgan fingerprint density at radius 1 is 1.52 bits per heavy atom. The number of nitrogens with zero attached hydrogens (tertiary/aromatic N) is 2. The van der Waals surface area contributed by atoms with E-state index in [2.05, 4.69) is 11.4 Å². The number of ether oxygens (including phenoxy) is 1. The highest BCUT2D eigenvalue weighted by Crippen LogP contribution is 2.31. The molecule has 1 fully saturated rings. The molecule has 0 radical (unpaired) electrons. The summed E-state index contributed by atoms with van der Waals surface area (Å²) in [6.07, 6.45) is 2.38. The molecular weight excluding hydrogens is 274 g/mol. The smallest absolute Gasteiger partial charge is 0.311 e. The number of amides is 1. The van der Waals surface area contributed by atoms with Crippen LogP contribution in [-0.4, -0.2) is 24.0 Å². The monoisotopic (exact) mass is 289 g/mol. The number of carbonyl (C=O) groups excluding carboxylic acids is 1. The van der Waals surface area contributed by atoms with E-state index in [1.807, 2.05) is 0 Å². The summed E-state index contributed by atoms with van der Waals surface area (Å²) in [6, 6.07) is 6.15. The first-order valence-corrected chi connectivity index (χ1v) is 6.60. The second-order valence-electron chi connectivity index (χ2n) is 4.86. The van der Waals surface area contributed by atoms with Gasteiger partial charge in [0, 0.05) is 12.1 Å². The maximum atomic E-state index is 12.3. The van der Waals surface area contributed by atoms with Crippen molar-refractivity contribution in [1.82, 2.24) is 5.32 Å². The van der Waals surface area contributed by atoms with Gasteiger partial charge in [0.25, 0.3) is 5.91 Å². The van der Waals surface area contributed by atoms with E-state index >= 15 is 0 Å². The molecule has 1 aliphatic rings. The van der Waals surface area contributed by atoms with Crippen molar-refractivity contribution >= 4 is 11.6 Å². The second kappa shape index (κ2) is 6.22. The molecule has 0 spiro atoms. The molecule has 1 amide bonds. The number of nitrogens with one attached hydrogen (secondary N) is 1. The fraction of sp³-hybridized carbons (Fsp3) is 0.429. The first-order valence-electron chi connectivity index (χ1n) is 6.60. The molecule has 0 saturated heterocycles. The van der Waals surface area contributed by atoms with Gasteiger partial charge in [0.15, 0.2) is 0 Å². The molecular formula is C14H15N3O4. The maximum Gasteiger partial charge on any atom is 0.311 e. The number of nitro benzene ring substituents is 1. The molecule has 7 heteroatoms. The number of carbonyl (C=O) groups is 1. The van der Waals surface area contributed by atoms with Crippen molar-refractivity contribution in [2.45, 2.75) is 25.3 Å². The van der Waals surface area contributed by atoms with Gasteiger partial charge in [-0.3, -0.25) is 14.9 Å². The van der Waals surface area contributed by atoms with E-state index in [-0.39, 0.29) is 29.0 Å². The van der Waals surface area contributed by atoms with Crippen LogP contribution >= 0.6 is 0 Å². The summed E-state index contributed by atoms with van der Waals surface area (Å²) in [4.78, 5) is 22.6. The summed E-state index contributed by atoms with van der Waals surface area (Å²) in [5.41, 5.74) is -0.149. The standard InChI is InChI=1S/C14H15N3O4/c1-21-13-10(5-3-7-12(13)17(19)20)14(18)16-11-6-2-4-9(11)8-15/h3,5,7,9,11H,2,4,6H2,1H3,(H,16,18). The molecule has 110 valence electrons. The van der Waals surface area contributed by atoms with Crippen LogP contribution in [0, 0.1) is 27.4 Å². The molecule has 2 unspecified atom stereocenters. The van der Waals surface area contributed by atoms with Crippen LogP contribution < -0.4 is 10.1 Å². The van der Waals surface area contributed by atoms with Gasteiger partial charge in [0.1, 0.15) is 0 Å². The van der Waals surface area contributed by atoms with E-state index in [9.17, 15) is 14.9 Å². The van der Waals surface area contributed by atoms with Crippen LogP contribution in [0.5, 0.6) is 5.75 Å². The minimum atomic E-state index is -0.594. The first kappa shape index (κ1) is 14.8. The van der Waals surface area contributed by atoms with Crippen molar-refractivity contribution in [2.75, 3.05) is 7.11 Å². The zero-order valence-corrected chi connectivity index (χ0v) is 11.5. The quantitative estimate of drug-likeness (QED) is 0.674. The Morgan fingerprint density at radius 3 is 2.90 bits per heavy atom. The molecule has 0 heterocycles. The van der Waals surface area contributed by atoms with Crippen LogP contribution in [0.2, 0.25) is 0 Å². The van der Waals surface area contributed by atoms with Crippen LogP contribution in [0.3, 0.4) is 0 Å². The summed E-state index contributed by atoms with van der Waals surface area (Å²) < 4.78 is 5.01. The number of hydrogen-bond donors (Lipinski definition) is 1. The van der Waals surface area contributed by atoms with Gasteiger partial charge >= 0.3 is 5.69 Å². The highest BCUT2D eigenvalue weighted by molar-refractivity contribution is 5.98. The highest BCUT2D eigenvalue weighted by atomic mass is 16.6. The lowest BCUT2D eigenvalue weighted by Crippen LogP contribution is -2.37. The number of benzene rings is 1. The molecule has 21 heavy (non-hydrogen) atoms. The molecule has 2 atom stereocenters. The van der Waals surface area contributed by atoms with Gasteiger partial charge in [0.05, 0.1) is 29.6 Å². The van der Waals surface area contributed by atoms with Crippen LogP contribution in [0.15, 0.2) is 18.2 Å². The van der Waals surface area contributed by atoms with Gasteiger partial charge in [-0.1, -0.05) is 6.07 Å². The Balaban J connectivity index is 2.25. The molecule has 1 N–H and O–H groups in total. The molecule has 1 aromatic carbocycles. The largest absolute Gasteiger partial charge is 0.490 e. The normalized spacial score (nSPS) is 20.6. The zero-order valence-electron chi connectivity index (χ0n) is 11.5. The summed E-state index contributed by atoms with van der Waals surface area (Å²) >= 11 is 0. The maximum absolute atomic E-state index is 12.3. The molecule has 1 aromatic rings. The van der Waals surface area contributed by atoms with Crippen molar-refractivity contribution < 1.29 is 14.5 Å². The Morgan fingerprint density at radius 2 is 2.29 bits per heavy atom. The van der Waals surface area contributed by atoms with Crippen molar-refractivity contribution in [3.63, 3.8) is 0 Å². The fourth-order valence-electron chi connectivity index (χ4n) is 2.60. The van der Waals surface area contributed by atoms with E-state index in [1.54, 1.807) is 0 Å². The van der Waals surface area contributed by atoms with Crippen LogP contribution in [0.4, 0.5) is 5.69 Å². The van der Waals surface area contributed by atoms with Gasteiger partial charge < -0.3 is 10.1 Å². The van der Waals surface area contributed by atoms with Crippen molar-refractivity contribution in [3.05, 3.63) is 33.9 Å². The molecule has 1 aliphatic carbocycles. The SMILES string of the molecule is COc1c(C(=O)NC2CCCC2C#N)cccc1[N+](=O)[O-]. The van der Waals surface area contributed by atoms with Crippen molar-refractivity contribution in [3.8, 4) is 11.8 Å². The van der Waals surface area contributed by atoms with Gasteiger partial charge in [-0.05, 0) is 25.3 Å². The molecule has 0 aromatic heterocycles. The number of para-hydroxylation sites is 1. The second-order valence-corrected chi connectivity index (χ2v) is 4.86. The van der Waals surface area contributed by atoms with E-state index in [1.165, 1.54) is 25.3 Å². The topological polar surface area (TPSA) is 105 Å². The Labute approximate surface area is 121 Å². The number of nitro groups is 1. The summed E-state index contributed by atoms with van der Waals surface area (Å²) in [7, 11) is 1.28. The lowest BCUT2D eigenvalue weighted by molar-refractivity contribution is -0.385.